The Hall–Kier alpha value is 0.220. The summed E-state index contributed by atoms with van der Waals surface area (Å²) < 4.78 is 24.5. The second-order valence-electron chi connectivity index (χ2n) is 6.32. The van der Waals surface area contributed by atoms with Gasteiger partial charge in [-0.05, 0) is 31.1 Å². The van der Waals surface area contributed by atoms with Crippen molar-refractivity contribution in [1.82, 2.24) is 4.90 Å². The molecule has 4 atom stereocenters. The molecule has 2 N–H and O–H groups in total. The highest BCUT2D eigenvalue weighted by Crippen LogP contribution is 2.31. The fourth-order valence-corrected chi connectivity index (χ4v) is 6.47. The molecule has 2 fully saturated rings. The summed E-state index contributed by atoms with van der Waals surface area (Å²) in [4.78, 5) is 2.19. The lowest BCUT2D eigenvalue weighted by molar-refractivity contribution is 0.159. The normalized spacial score (nSPS) is 37.0. The van der Waals surface area contributed by atoms with Gasteiger partial charge in [-0.3, -0.25) is 4.90 Å². The maximum Gasteiger partial charge on any atom is 0.166 e. The van der Waals surface area contributed by atoms with Crippen LogP contribution >= 0.6 is 11.8 Å². The monoisotopic (exact) mass is 320 g/mol. The second kappa shape index (κ2) is 6.99. The van der Waals surface area contributed by atoms with Crippen molar-refractivity contribution in [2.45, 2.75) is 44.5 Å². The minimum Gasteiger partial charge on any atom is -0.327 e. The van der Waals surface area contributed by atoms with Crippen LogP contribution in [-0.4, -0.2) is 55.1 Å². The number of rotatable bonds is 4. The molecular formula is C14H28N2O2S2. The predicted octanol–water partition coefficient (Wildman–Crippen LogP) is 1.56. The molecule has 0 aromatic rings. The Kier molecular flexibility index (Phi) is 5.79. The average Bonchev–Trinajstić information content (AvgIpc) is 2.43. The molecule has 1 aliphatic carbocycles. The molecule has 118 valence electrons. The van der Waals surface area contributed by atoms with Crippen molar-refractivity contribution in [2.24, 2.45) is 17.6 Å². The topological polar surface area (TPSA) is 63.4 Å². The van der Waals surface area contributed by atoms with Crippen molar-refractivity contribution in [3.8, 4) is 0 Å². The van der Waals surface area contributed by atoms with Crippen LogP contribution in [-0.2, 0) is 9.84 Å². The molecule has 2 aliphatic rings. The highest BCUT2D eigenvalue weighted by Gasteiger charge is 2.36. The molecule has 1 saturated heterocycles. The largest absolute Gasteiger partial charge is 0.327 e. The van der Waals surface area contributed by atoms with Gasteiger partial charge in [0.25, 0.3) is 0 Å². The molecule has 4 unspecified atom stereocenters. The molecule has 6 heteroatoms. The van der Waals surface area contributed by atoms with Crippen LogP contribution in [0.15, 0.2) is 0 Å². The van der Waals surface area contributed by atoms with E-state index in [0.717, 1.165) is 37.6 Å². The summed E-state index contributed by atoms with van der Waals surface area (Å²) >= 11 is 1.76. The van der Waals surface area contributed by atoms with Gasteiger partial charge in [0.1, 0.15) is 5.37 Å². The van der Waals surface area contributed by atoms with E-state index in [-0.39, 0.29) is 17.2 Å². The van der Waals surface area contributed by atoms with Crippen LogP contribution in [0.2, 0.25) is 0 Å². The zero-order chi connectivity index (χ0) is 14.8. The van der Waals surface area contributed by atoms with Crippen molar-refractivity contribution < 1.29 is 8.42 Å². The first kappa shape index (κ1) is 16.6. The number of nitrogens with zero attached hydrogens (tertiary/aromatic N) is 1. The van der Waals surface area contributed by atoms with E-state index in [0.29, 0.717) is 11.7 Å². The van der Waals surface area contributed by atoms with E-state index in [2.05, 4.69) is 11.8 Å². The molecule has 0 amide bonds. The van der Waals surface area contributed by atoms with Gasteiger partial charge < -0.3 is 5.73 Å². The average molecular weight is 321 g/mol. The van der Waals surface area contributed by atoms with Crippen LogP contribution in [0, 0.1) is 11.8 Å². The summed E-state index contributed by atoms with van der Waals surface area (Å²) in [5, 5.41) is -0.296. The molecular weight excluding hydrogens is 292 g/mol. The minimum absolute atomic E-state index is 0.238. The summed E-state index contributed by atoms with van der Waals surface area (Å²) in [5.74, 6) is 3.17. The predicted molar refractivity (Wildman–Crippen MR) is 86.6 cm³/mol. The Labute approximate surface area is 127 Å². The Balaban J connectivity index is 2.05. The molecule has 0 aromatic heterocycles. The third-order valence-corrected chi connectivity index (χ3v) is 8.11. The van der Waals surface area contributed by atoms with Gasteiger partial charge in [-0.15, -0.1) is 0 Å². The number of nitrogens with two attached hydrogens (primary N) is 1. The number of hydrogen-bond donors (Lipinski definition) is 1. The van der Waals surface area contributed by atoms with Crippen molar-refractivity contribution in [2.75, 3.05) is 30.3 Å². The van der Waals surface area contributed by atoms with Crippen molar-refractivity contribution in [3.63, 3.8) is 0 Å². The summed E-state index contributed by atoms with van der Waals surface area (Å²) in [6.07, 6.45) is 3.44. The van der Waals surface area contributed by atoms with Gasteiger partial charge in [0, 0.05) is 36.4 Å². The van der Waals surface area contributed by atoms with Crippen molar-refractivity contribution >= 4 is 21.6 Å². The standard InChI is InChI=1S/C14H28N2O2S2/c1-3-20(17,18)14-10-19-7-6-16(14)9-12-8-11(2)4-5-13(12)15/h11-14H,3-10,15H2,1-2H3. The SMILES string of the molecule is CCS(=O)(=O)C1CSCCN1CC1CC(C)CCC1N. The van der Waals surface area contributed by atoms with Crippen LogP contribution in [0.5, 0.6) is 0 Å². The minimum atomic E-state index is -2.99. The first-order valence-electron chi connectivity index (χ1n) is 7.73. The molecule has 0 aromatic carbocycles. The van der Waals surface area contributed by atoms with Crippen LogP contribution in [0.1, 0.15) is 33.1 Å². The Morgan fingerprint density at radius 2 is 2.10 bits per heavy atom. The number of sulfone groups is 1. The lowest BCUT2D eigenvalue weighted by atomic mass is 9.79. The lowest BCUT2D eigenvalue weighted by Gasteiger charge is -2.40. The quantitative estimate of drug-likeness (QED) is 0.852. The molecule has 0 spiro atoms. The van der Waals surface area contributed by atoms with Crippen molar-refractivity contribution in [3.05, 3.63) is 0 Å². The van der Waals surface area contributed by atoms with E-state index in [1.165, 1.54) is 6.42 Å². The smallest absolute Gasteiger partial charge is 0.166 e. The second-order valence-corrected chi connectivity index (χ2v) is 9.92. The maximum atomic E-state index is 12.3. The van der Waals surface area contributed by atoms with Crippen LogP contribution in [0.3, 0.4) is 0 Å². The molecule has 1 heterocycles. The van der Waals surface area contributed by atoms with E-state index in [1.54, 1.807) is 18.7 Å². The van der Waals surface area contributed by atoms with Gasteiger partial charge in [-0.25, -0.2) is 8.42 Å². The molecule has 1 saturated carbocycles. The molecule has 1 aliphatic heterocycles. The van der Waals surface area contributed by atoms with Crippen molar-refractivity contribution in [1.29, 1.82) is 0 Å². The van der Waals surface area contributed by atoms with Gasteiger partial charge in [0.15, 0.2) is 9.84 Å². The summed E-state index contributed by atoms with van der Waals surface area (Å²) in [7, 11) is -2.99. The van der Waals surface area contributed by atoms with E-state index in [4.69, 9.17) is 5.73 Å². The van der Waals surface area contributed by atoms with Gasteiger partial charge in [-0.2, -0.15) is 11.8 Å². The Bertz CT molecular complexity index is 413. The van der Waals surface area contributed by atoms with E-state index < -0.39 is 9.84 Å². The number of hydrogen-bond acceptors (Lipinski definition) is 5. The van der Waals surface area contributed by atoms with Gasteiger partial charge in [0.2, 0.25) is 0 Å². The highest BCUT2D eigenvalue weighted by molar-refractivity contribution is 8.01. The van der Waals surface area contributed by atoms with Gasteiger partial charge >= 0.3 is 0 Å². The summed E-state index contributed by atoms with van der Waals surface area (Å²) in [6.45, 7) is 5.77. The summed E-state index contributed by atoms with van der Waals surface area (Å²) in [6, 6.07) is 0.241. The first-order valence-corrected chi connectivity index (χ1v) is 10.6. The van der Waals surface area contributed by atoms with E-state index in [1.807, 2.05) is 0 Å². The molecule has 2 rings (SSSR count). The third-order valence-electron chi connectivity index (χ3n) is 4.78. The first-order chi connectivity index (χ1) is 9.44. The molecule has 0 bridgehead atoms. The lowest BCUT2D eigenvalue weighted by Crippen LogP contribution is -2.52. The van der Waals surface area contributed by atoms with Crippen LogP contribution in [0.4, 0.5) is 0 Å². The van der Waals surface area contributed by atoms with Gasteiger partial charge in [0.05, 0.1) is 0 Å². The maximum absolute atomic E-state index is 12.3. The zero-order valence-electron chi connectivity index (χ0n) is 12.6. The molecule has 20 heavy (non-hydrogen) atoms. The fourth-order valence-electron chi connectivity index (χ4n) is 3.38. The third kappa shape index (κ3) is 3.90. The zero-order valence-corrected chi connectivity index (χ0v) is 14.3. The van der Waals surface area contributed by atoms with E-state index in [9.17, 15) is 8.42 Å². The Morgan fingerprint density at radius 3 is 2.80 bits per heavy atom. The van der Waals surface area contributed by atoms with Crippen LogP contribution < -0.4 is 5.73 Å². The van der Waals surface area contributed by atoms with E-state index >= 15 is 0 Å². The molecule has 0 radical (unpaired) electrons. The van der Waals surface area contributed by atoms with Gasteiger partial charge in [-0.1, -0.05) is 13.8 Å². The van der Waals surface area contributed by atoms with Crippen LogP contribution in [0.25, 0.3) is 0 Å². The summed E-state index contributed by atoms with van der Waals surface area (Å²) in [5.41, 5.74) is 6.26. The molecule has 4 nitrogen and oxygen atoms in total. The number of thioether (sulfide) groups is 1. The Morgan fingerprint density at radius 1 is 1.35 bits per heavy atom. The fraction of sp³-hybridized carbons (Fsp3) is 1.00. The highest BCUT2D eigenvalue weighted by atomic mass is 32.2.